The number of nitrogens with one attached hydrogen (secondary N) is 3. The van der Waals surface area contributed by atoms with E-state index in [4.69, 9.17) is 5.11 Å². The summed E-state index contributed by atoms with van der Waals surface area (Å²) < 4.78 is 0. The fourth-order valence-electron chi connectivity index (χ4n) is 1.65. The molecule has 1 fully saturated rings. The van der Waals surface area contributed by atoms with Crippen molar-refractivity contribution in [1.82, 2.24) is 16.0 Å². The molecule has 2 amide bonds. The number of rotatable bonds is 5. The Hall–Kier alpha value is -1.63. The van der Waals surface area contributed by atoms with Gasteiger partial charge in [0.05, 0.1) is 6.54 Å². The molecule has 7 heteroatoms. The molecule has 4 N–H and O–H groups in total. The van der Waals surface area contributed by atoms with Crippen molar-refractivity contribution in [2.24, 2.45) is 0 Å². The molecule has 1 aliphatic heterocycles. The quantitative estimate of drug-likeness (QED) is 0.496. The summed E-state index contributed by atoms with van der Waals surface area (Å²) in [5.41, 5.74) is -0.585. The largest absolute Gasteiger partial charge is 0.481 e. The van der Waals surface area contributed by atoms with Crippen LogP contribution in [0.4, 0.5) is 0 Å². The van der Waals surface area contributed by atoms with E-state index in [1.54, 1.807) is 13.8 Å². The Morgan fingerprint density at radius 2 is 2.17 bits per heavy atom. The Labute approximate surface area is 105 Å². The highest BCUT2D eigenvalue weighted by Gasteiger charge is 2.28. The van der Waals surface area contributed by atoms with Gasteiger partial charge in [-0.2, -0.15) is 0 Å². The van der Waals surface area contributed by atoms with Gasteiger partial charge >= 0.3 is 5.97 Å². The molecule has 7 nitrogen and oxygen atoms in total. The van der Waals surface area contributed by atoms with Crippen LogP contribution in [0.25, 0.3) is 0 Å². The van der Waals surface area contributed by atoms with Crippen LogP contribution in [0.15, 0.2) is 0 Å². The zero-order valence-corrected chi connectivity index (χ0v) is 10.6. The zero-order valence-electron chi connectivity index (χ0n) is 10.6. The number of carboxylic acids is 1. The average molecular weight is 257 g/mol. The molecule has 0 bridgehead atoms. The fourth-order valence-corrected chi connectivity index (χ4v) is 1.65. The molecule has 0 aliphatic carbocycles. The number of carbonyl (C=O) groups excluding carboxylic acids is 2. The molecule has 0 saturated carbocycles. The summed E-state index contributed by atoms with van der Waals surface area (Å²) in [4.78, 5) is 33.3. The number of hydrogen-bond acceptors (Lipinski definition) is 4. The van der Waals surface area contributed by atoms with E-state index in [0.717, 1.165) is 0 Å². The number of aliphatic carboxylic acids is 1. The monoisotopic (exact) mass is 257 g/mol. The molecular formula is C11H19N3O4. The van der Waals surface area contributed by atoms with Gasteiger partial charge in [0.1, 0.15) is 6.04 Å². The summed E-state index contributed by atoms with van der Waals surface area (Å²) in [7, 11) is 0. The number of carboxylic acid groups (broad SMARTS) is 1. The minimum atomic E-state index is -0.889. The Bertz CT molecular complexity index is 344. The van der Waals surface area contributed by atoms with Gasteiger partial charge in [0, 0.05) is 18.5 Å². The van der Waals surface area contributed by atoms with Gasteiger partial charge in [-0.3, -0.25) is 19.7 Å². The van der Waals surface area contributed by atoms with E-state index in [1.807, 2.05) is 0 Å². The Kier molecular flexibility index (Phi) is 4.66. The molecule has 1 heterocycles. The van der Waals surface area contributed by atoms with E-state index in [9.17, 15) is 14.4 Å². The van der Waals surface area contributed by atoms with Gasteiger partial charge in [0.25, 0.3) is 0 Å². The first-order chi connectivity index (χ1) is 8.30. The first kappa shape index (κ1) is 14.4. The molecule has 0 radical (unpaired) electrons. The molecule has 0 aromatic rings. The van der Waals surface area contributed by atoms with Gasteiger partial charge in [0.2, 0.25) is 11.8 Å². The zero-order chi connectivity index (χ0) is 13.8. The van der Waals surface area contributed by atoms with E-state index in [-0.39, 0.29) is 31.3 Å². The van der Waals surface area contributed by atoms with Crippen LogP contribution in [0.2, 0.25) is 0 Å². The van der Waals surface area contributed by atoms with Gasteiger partial charge in [0.15, 0.2) is 0 Å². The predicted octanol–water partition coefficient (Wildman–Crippen LogP) is -1.17. The Morgan fingerprint density at radius 3 is 2.67 bits per heavy atom. The third kappa shape index (κ3) is 4.70. The maximum Gasteiger partial charge on any atom is 0.303 e. The molecule has 18 heavy (non-hydrogen) atoms. The van der Waals surface area contributed by atoms with E-state index in [0.29, 0.717) is 6.42 Å². The van der Waals surface area contributed by atoms with Crippen LogP contribution in [-0.4, -0.2) is 47.6 Å². The lowest BCUT2D eigenvalue weighted by molar-refractivity contribution is -0.138. The number of hydrogen-bond donors (Lipinski definition) is 4. The summed E-state index contributed by atoms with van der Waals surface area (Å²) >= 11 is 0. The number of amides is 2. The molecule has 0 aromatic heterocycles. The standard InChI is InChI=1S/C11H19N3O4/c1-11(2,4-3-9(16)17)14-10(18)7-5-13-8(15)6-12-7/h7,12H,3-6H2,1-2H3,(H,13,15)(H,14,18)(H,16,17). The van der Waals surface area contributed by atoms with Crippen LogP contribution in [0.5, 0.6) is 0 Å². The van der Waals surface area contributed by atoms with Crippen molar-refractivity contribution in [2.45, 2.75) is 38.3 Å². The van der Waals surface area contributed by atoms with Gasteiger partial charge in [-0.25, -0.2) is 0 Å². The highest BCUT2D eigenvalue weighted by Crippen LogP contribution is 2.11. The van der Waals surface area contributed by atoms with Crippen molar-refractivity contribution >= 4 is 17.8 Å². The minimum Gasteiger partial charge on any atom is -0.481 e. The second-order valence-corrected chi connectivity index (χ2v) is 5.00. The normalized spacial score (nSPS) is 20.1. The lowest BCUT2D eigenvalue weighted by Gasteiger charge is -2.30. The first-order valence-corrected chi connectivity index (χ1v) is 5.84. The number of carbonyl (C=O) groups is 3. The van der Waals surface area contributed by atoms with Crippen molar-refractivity contribution in [1.29, 1.82) is 0 Å². The van der Waals surface area contributed by atoms with E-state index >= 15 is 0 Å². The minimum absolute atomic E-state index is 0.00209. The predicted molar refractivity (Wildman–Crippen MR) is 63.9 cm³/mol. The van der Waals surface area contributed by atoms with Crippen LogP contribution >= 0.6 is 0 Å². The smallest absolute Gasteiger partial charge is 0.303 e. The lowest BCUT2D eigenvalue weighted by atomic mass is 9.97. The summed E-state index contributed by atoms with van der Waals surface area (Å²) in [6.07, 6.45) is 0.356. The molecule has 1 aliphatic rings. The van der Waals surface area contributed by atoms with Gasteiger partial charge in [-0.05, 0) is 20.3 Å². The molecule has 1 atom stereocenters. The van der Waals surface area contributed by atoms with E-state index in [2.05, 4.69) is 16.0 Å². The van der Waals surface area contributed by atoms with E-state index in [1.165, 1.54) is 0 Å². The molecule has 1 rings (SSSR count). The van der Waals surface area contributed by atoms with Crippen molar-refractivity contribution in [3.05, 3.63) is 0 Å². The highest BCUT2D eigenvalue weighted by molar-refractivity contribution is 5.87. The molecule has 1 unspecified atom stereocenters. The maximum absolute atomic E-state index is 11.9. The van der Waals surface area contributed by atoms with Crippen LogP contribution in [0.1, 0.15) is 26.7 Å². The van der Waals surface area contributed by atoms with Crippen LogP contribution in [-0.2, 0) is 14.4 Å². The van der Waals surface area contributed by atoms with Gasteiger partial charge in [-0.1, -0.05) is 0 Å². The second kappa shape index (κ2) is 5.81. The maximum atomic E-state index is 11.9. The third-order valence-corrected chi connectivity index (χ3v) is 2.75. The summed E-state index contributed by atoms with van der Waals surface area (Å²) in [6, 6.07) is -0.466. The fraction of sp³-hybridized carbons (Fsp3) is 0.727. The van der Waals surface area contributed by atoms with Gasteiger partial charge in [-0.15, -0.1) is 0 Å². The molecule has 102 valence electrons. The van der Waals surface area contributed by atoms with Crippen molar-refractivity contribution in [3.8, 4) is 0 Å². The van der Waals surface area contributed by atoms with Crippen molar-refractivity contribution in [2.75, 3.05) is 13.1 Å². The summed E-state index contributed by atoms with van der Waals surface area (Å²) in [5.74, 6) is -1.25. The topological polar surface area (TPSA) is 108 Å². The first-order valence-electron chi connectivity index (χ1n) is 5.84. The van der Waals surface area contributed by atoms with Gasteiger partial charge < -0.3 is 15.7 Å². The summed E-state index contributed by atoms with van der Waals surface area (Å²) in [6.45, 7) is 3.91. The van der Waals surface area contributed by atoms with Crippen LogP contribution < -0.4 is 16.0 Å². The third-order valence-electron chi connectivity index (χ3n) is 2.75. The highest BCUT2D eigenvalue weighted by atomic mass is 16.4. The second-order valence-electron chi connectivity index (χ2n) is 5.00. The summed E-state index contributed by atoms with van der Waals surface area (Å²) in [5, 5.41) is 16.8. The SMILES string of the molecule is CC(C)(CCC(=O)O)NC(=O)C1CNC(=O)CN1. The average Bonchev–Trinajstić information content (AvgIpc) is 2.27. The molecule has 1 saturated heterocycles. The molecule has 0 aromatic carbocycles. The Morgan fingerprint density at radius 1 is 1.50 bits per heavy atom. The van der Waals surface area contributed by atoms with Crippen LogP contribution in [0, 0.1) is 0 Å². The lowest BCUT2D eigenvalue weighted by Crippen LogP contribution is -2.60. The molecular weight excluding hydrogens is 238 g/mol. The van der Waals surface area contributed by atoms with Crippen molar-refractivity contribution in [3.63, 3.8) is 0 Å². The van der Waals surface area contributed by atoms with E-state index < -0.39 is 17.6 Å². The van der Waals surface area contributed by atoms with Crippen molar-refractivity contribution < 1.29 is 19.5 Å². The Balaban J connectivity index is 2.42. The number of piperazine rings is 1. The molecule has 0 spiro atoms. The van der Waals surface area contributed by atoms with Crippen LogP contribution in [0.3, 0.4) is 0 Å².